The Labute approximate surface area is 124 Å². The van der Waals surface area contributed by atoms with Crippen LogP contribution in [0.25, 0.3) is 0 Å². The predicted molar refractivity (Wildman–Crippen MR) is 89.5 cm³/mol. The lowest BCUT2D eigenvalue weighted by molar-refractivity contribution is 0.560. The molecule has 0 aromatic heterocycles. The van der Waals surface area contributed by atoms with E-state index in [0.717, 1.165) is 6.04 Å². The van der Waals surface area contributed by atoms with Crippen molar-refractivity contribution in [2.45, 2.75) is 49.7 Å². The van der Waals surface area contributed by atoms with Gasteiger partial charge in [-0.3, -0.25) is 0 Å². The summed E-state index contributed by atoms with van der Waals surface area (Å²) in [5.74, 6) is 0.0677. The minimum atomic E-state index is -3.29. The quantitative estimate of drug-likeness (QED) is 0.577. The van der Waals surface area contributed by atoms with Gasteiger partial charge < -0.3 is 0 Å². The van der Waals surface area contributed by atoms with Crippen LogP contribution in [0.5, 0.6) is 0 Å². The van der Waals surface area contributed by atoms with Crippen molar-refractivity contribution in [3.8, 4) is 0 Å². The van der Waals surface area contributed by atoms with Gasteiger partial charge >= 0.3 is 0 Å². The minimum Gasteiger partial charge on any atom is -0.223 e. The molecule has 4 heteroatoms. The summed E-state index contributed by atoms with van der Waals surface area (Å²) in [5, 5.41) is -0.443. The molecule has 20 heavy (non-hydrogen) atoms. The third-order valence-corrected chi connectivity index (χ3v) is 6.95. The van der Waals surface area contributed by atoms with E-state index in [1.54, 1.807) is 24.3 Å². The number of sulfone groups is 1. The molecule has 0 fully saturated rings. The summed E-state index contributed by atoms with van der Waals surface area (Å²) in [6.07, 6.45) is 3.96. The number of benzene rings is 1. The molecule has 0 spiro atoms. The van der Waals surface area contributed by atoms with Crippen molar-refractivity contribution in [3.05, 3.63) is 42.5 Å². The Morgan fingerprint density at radius 2 is 1.65 bits per heavy atom. The van der Waals surface area contributed by atoms with Crippen LogP contribution in [0.1, 0.15) is 13.8 Å². The lowest BCUT2D eigenvalue weighted by Gasteiger charge is -2.19. The van der Waals surface area contributed by atoms with Gasteiger partial charge in [-0.15, -0.1) is 0 Å². The fourth-order valence-corrected chi connectivity index (χ4v) is 4.74. The molecule has 2 nitrogen and oxygen atoms in total. The molecule has 0 amide bonds. The molecule has 112 valence electrons. The van der Waals surface area contributed by atoms with E-state index in [-0.39, 0.29) is 5.92 Å². The first-order valence-corrected chi connectivity index (χ1v) is 12.4. The molecule has 0 aliphatic rings. The SMILES string of the molecule is CC(C)C(/C=C/C[Si](C)(C)C)S(=O)(=O)c1ccccc1. The summed E-state index contributed by atoms with van der Waals surface area (Å²) in [6.45, 7) is 10.8. The largest absolute Gasteiger partial charge is 0.223 e. The van der Waals surface area contributed by atoms with E-state index >= 15 is 0 Å². The molecule has 0 saturated carbocycles. The molecule has 0 heterocycles. The van der Waals surface area contributed by atoms with E-state index in [4.69, 9.17) is 0 Å². The zero-order chi connectivity index (χ0) is 15.4. The second-order valence-corrected chi connectivity index (χ2v) is 14.4. The van der Waals surface area contributed by atoms with Crippen LogP contribution in [0, 0.1) is 5.92 Å². The van der Waals surface area contributed by atoms with Crippen LogP contribution in [0.15, 0.2) is 47.4 Å². The first-order valence-electron chi connectivity index (χ1n) is 7.10. The number of hydrogen-bond donors (Lipinski definition) is 0. The van der Waals surface area contributed by atoms with Gasteiger partial charge in [-0.05, 0) is 24.1 Å². The normalized spacial score (nSPS) is 14.9. The van der Waals surface area contributed by atoms with Crippen molar-refractivity contribution < 1.29 is 8.42 Å². The van der Waals surface area contributed by atoms with Crippen molar-refractivity contribution in [3.63, 3.8) is 0 Å². The van der Waals surface area contributed by atoms with Crippen LogP contribution in [0.3, 0.4) is 0 Å². The van der Waals surface area contributed by atoms with Gasteiger partial charge in [-0.1, -0.05) is 63.8 Å². The summed E-state index contributed by atoms with van der Waals surface area (Å²) < 4.78 is 25.4. The standard InChI is InChI=1S/C16H26O2SSi/c1-14(2)16(12-9-13-20(3,4)5)19(17,18)15-10-7-6-8-11-15/h6-12,14,16H,13H2,1-5H3/b12-9+. The summed E-state index contributed by atoms with van der Waals surface area (Å²) in [5.41, 5.74) is 0. The zero-order valence-electron chi connectivity index (χ0n) is 13.1. The second kappa shape index (κ2) is 6.72. The Kier molecular flexibility index (Phi) is 5.77. The molecule has 1 unspecified atom stereocenters. The zero-order valence-corrected chi connectivity index (χ0v) is 14.9. The Hall–Kier alpha value is -0.873. The van der Waals surface area contributed by atoms with E-state index in [1.165, 1.54) is 0 Å². The highest BCUT2D eigenvalue weighted by Gasteiger charge is 2.27. The topological polar surface area (TPSA) is 34.1 Å². The monoisotopic (exact) mass is 310 g/mol. The average molecular weight is 311 g/mol. The van der Waals surface area contributed by atoms with Crippen LogP contribution in [-0.4, -0.2) is 21.7 Å². The van der Waals surface area contributed by atoms with Crippen LogP contribution >= 0.6 is 0 Å². The third kappa shape index (κ3) is 4.91. The first kappa shape index (κ1) is 17.2. The number of hydrogen-bond acceptors (Lipinski definition) is 2. The molecule has 1 aromatic rings. The van der Waals surface area contributed by atoms with Gasteiger partial charge in [0.15, 0.2) is 9.84 Å². The van der Waals surface area contributed by atoms with Crippen LogP contribution in [-0.2, 0) is 9.84 Å². The van der Waals surface area contributed by atoms with E-state index in [1.807, 2.05) is 26.0 Å². The molecule has 0 saturated heterocycles. The summed E-state index contributed by atoms with van der Waals surface area (Å²) >= 11 is 0. The molecule has 0 aliphatic heterocycles. The number of rotatable bonds is 6. The Morgan fingerprint density at radius 1 is 1.10 bits per heavy atom. The van der Waals surface area contributed by atoms with Gasteiger partial charge in [-0.2, -0.15) is 0 Å². The summed E-state index contributed by atoms with van der Waals surface area (Å²) in [4.78, 5) is 0.413. The van der Waals surface area contributed by atoms with Crippen molar-refractivity contribution in [2.75, 3.05) is 0 Å². The van der Waals surface area contributed by atoms with Gasteiger partial charge in [0, 0.05) is 8.07 Å². The van der Waals surface area contributed by atoms with Crippen LogP contribution in [0.4, 0.5) is 0 Å². The molecule has 1 aromatic carbocycles. The summed E-state index contributed by atoms with van der Waals surface area (Å²) in [7, 11) is -4.47. The maximum atomic E-state index is 12.7. The smallest absolute Gasteiger partial charge is 0.185 e. The molecule has 0 N–H and O–H groups in total. The van der Waals surface area contributed by atoms with Gasteiger partial charge in [0.05, 0.1) is 10.1 Å². The first-order chi connectivity index (χ1) is 9.14. The molecule has 0 bridgehead atoms. The lowest BCUT2D eigenvalue weighted by Crippen LogP contribution is -2.25. The second-order valence-electron chi connectivity index (χ2n) is 6.76. The minimum absolute atomic E-state index is 0.0677. The highest BCUT2D eigenvalue weighted by Crippen LogP contribution is 2.23. The molecule has 0 radical (unpaired) electrons. The third-order valence-electron chi connectivity index (χ3n) is 3.14. The van der Waals surface area contributed by atoms with E-state index in [9.17, 15) is 8.42 Å². The fourth-order valence-electron chi connectivity index (χ4n) is 2.01. The van der Waals surface area contributed by atoms with Gasteiger partial charge in [0.2, 0.25) is 0 Å². The lowest BCUT2D eigenvalue weighted by atomic mass is 10.1. The molecular weight excluding hydrogens is 284 g/mol. The summed E-state index contributed by atoms with van der Waals surface area (Å²) in [6, 6.07) is 9.76. The van der Waals surface area contributed by atoms with Gasteiger partial charge in [-0.25, -0.2) is 8.42 Å². The van der Waals surface area contributed by atoms with E-state index in [2.05, 4.69) is 25.7 Å². The van der Waals surface area contributed by atoms with E-state index in [0.29, 0.717) is 4.90 Å². The Balaban J connectivity index is 3.03. The maximum Gasteiger partial charge on any atom is 0.185 e. The predicted octanol–water partition coefficient (Wildman–Crippen LogP) is 4.38. The highest BCUT2D eigenvalue weighted by atomic mass is 32.2. The van der Waals surface area contributed by atoms with Crippen molar-refractivity contribution in [1.82, 2.24) is 0 Å². The van der Waals surface area contributed by atoms with Gasteiger partial charge in [0.25, 0.3) is 0 Å². The highest BCUT2D eigenvalue weighted by molar-refractivity contribution is 7.92. The Bertz CT molecular complexity index is 540. The number of allylic oxidation sites excluding steroid dienone is 1. The van der Waals surface area contributed by atoms with Gasteiger partial charge in [0.1, 0.15) is 0 Å². The van der Waals surface area contributed by atoms with Crippen LogP contribution < -0.4 is 0 Å². The molecule has 1 rings (SSSR count). The van der Waals surface area contributed by atoms with Crippen molar-refractivity contribution in [1.29, 1.82) is 0 Å². The molecular formula is C16H26O2SSi. The Morgan fingerprint density at radius 3 is 2.10 bits per heavy atom. The van der Waals surface area contributed by atoms with Crippen molar-refractivity contribution in [2.24, 2.45) is 5.92 Å². The fraction of sp³-hybridized carbons (Fsp3) is 0.500. The maximum absolute atomic E-state index is 12.7. The van der Waals surface area contributed by atoms with E-state index < -0.39 is 23.2 Å². The average Bonchev–Trinajstić information content (AvgIpc) is 2.33. The van der Waals surface area contributed by atoms with Crippen LogP contribution in [0.2, 0.25) is 25.7 Å². The molecule has 1 atom stereocenters. The van der Waals surface area contributed by atoms with Crippen molar-refractivity contribution >= 4 is 17.9 Å². The molecule has 0 aliphatic carbocycles.